The molecule has 0 radical (unpaired) electrons. The Morgan fingerprint density at radius 2 is 1.88 bits per heavy atom. The minimum Gasteiger partial charge on any atom is -0.383 e. The first-order chi connectivity index (χ1) is 12.5. The number of thiazole rings is 1. The number of rotatable bonds is 3. The van der Waals surface area contributed by atoms with E-state index in [1.807, 2.05) is 61.9 Å². The second kappa shape index (κ2) is 6.38. The summed E-state index contributed by atoms with van der Waals surface area (Å²) in [6.07, 6.45) is 5.41. The van der Waals surface area contributed by atoms with Crippen molar-refractivity contribution in [1.29, 1.82) is 0 Å². The second-order valence-corrected chi connectivity index (χ2v) is 7.23. The molecule has 1 aliphatic heterocycles. The van der Waals surface area contributed by atoms with Crippen LogP contribution in [0.2, 0.25) is 0 Å². The van der Waals surface area contributed by atoms with Gasteiger partial charge in [0.15, 0.2) is 0 Å². The maximum Gasteiger partial charge on any atom is 0.260 e. The molecule has 0 bridgehead atoms. The van der Waals surface area contributed by atoms with E-state index >= 15 is 0 Å². The molecule has 6 heteroatoms. The Morgan fingerprint density at radius 3 is 2.62 bits per heavy atom. The number of carbonyl (C=O) groups excluding carboxylic acids is 1. The van der Waals surface area contributed by atoms with Crippen LogP contribution < -0.4 is 4.90 Å². The first-order valence-corrected chi connectivity index (χ1v) is 9.09. The van der Waals surface area contributed by atoms with Crippen LogP contribution in [-0.4, -0.2) is 41.9 Å². The van der Waals surface area contributed by atoms with E-state index in [1.54, 1.807) is 28.6 Å². The van der Waals surface area contributed by atoms with Crippen LogP contribution in [0, 0.1) is 0 Å². The molecule has 130 valence electrons. The van der Waals surface area contributed by atoms with E-state index in [0.717, 1.165) is 33.1 Å². The van der Waals surface area contributed by atoms with Crippen molar-refractivity contribution < 1.29 is 4.79 Å². The molecule has 1 aromatic carbocycles. The van der Waals surface area contributed by atoms with E-state index in [9.17, 15) is 4.79 Å². The molecule has 0 unspecified atom stereocenters. The van der Waals surface area contributed by atoms with E-state index < -0.39 is 0 Å². The molecular weight excluding hydrogens is 344 g/mol. The summed E-state index contributed by atoms with van der Waals surface area (Å²) in [6, 6.07) is 9.97. The van der Waals surface area contributed by atoms with Crippen molar-refractivity contribution in [2.45, 2.75) is 0 Å². The lowest BCUT2D eigenvalue weighted by Crippen LogP contribution is -2.21. The van der Waals surface area contributed by atoms with Crippen molar-refractivity contribution >= 4 is 28.5 Å². The van der Waals surface area contributed by atoms with Gasteiger partial charge < -0.3 is 9.80 Å². The Bertz CT molecular complexity index is 1010. The fourth-order valence-electron chi connectivity index (χ4n) is 3.03. The SMILES string of the molecule is CN(C)C=C1C(=O)N(C)c2ccc(-c3csc(-c4ccncc4)n3)cc21. The molecule has 0 fully saturated rings. The van der Waals surface area contributed by atoms with E-state index in [4.69, 9.17) is 4.98 Å². The van der Waals surface area contributed by atoms with Crippen LogP contribution in [-0.2, 0) is 4.79 Å². The maximum atomic E-state index is 12.5. The van der Waals surface area contributed by atoms with E-state index in [0.29, 0.717) is 5.57 Å². The van der Waals surface area contributed by atoms with Crippen LogP contribution in [0.3, 0.4) is 0 Å². The number of fused-ring (bicyclic) bond motifs is 1. The highest BCUT2D eigenvalue weighted by atomic mass is 32.1. The first kappa shape index (κ1) is 16.5. The Kier molecular flexibility index (Phi) is 4.05. The third-order valence-electron chi connectivity index (χ3n) is 4.30. The molecule has 0 saturated carbocycles. The summed E-state index contributed by atoms with van der Waals surface area (Å²) < 4.78 is 0. The summed E-state index contributed by atoms with van der Waals surface area (Å²) in [7, 11) is 5.65. The summed E-state index contributed by atoms with van der Waals surface area (Å²) in [6.45, 7) is 0. The van der Waals surface area contributed by atoms with Gasteiger partial charge in [0.25, 0.3) is 5.91 Å². The van der Waals surface area contributed by atoms with Crippen molar-refractivity contribution in [3.63, 3.8) is 0 Å². The normalized spacial score (nSPS) is 14.8. The van der Waals surface area contributed by atoms with Crippen molar-refractivity contribution in [3.8, 4) is 21.8 Å². The monoisotopic (exact) mass is 362 g/mol. The van der Waals surface area contributed by atoms with Crippen LogP contribution in [0.15, 0.2) is 54.3 Å². The third-order valence-corrected chi connectivity index (χ3v) is 5.19. The van der Waals surface area contributed by atoms with Gasteiger partial charge in [-0.05, 0) is 24.3 Å². The fourth-order valence-corrected chi connectivity index (χ4v) is 3.86. The molecular formula is C20H18N4OS. The predicted molar refractivity (Wildman–Crippen MR) is 106 cm³/mol. The third kappa shape index (κ3) is 2.78. The molecule has 1 amide bonds. The van der Waals surface area contributed by atoms with E-state index in [2.05, 4.69) is 11.1 Å². The Balaban J connectivity index is 1.76. The van der Waals surface area contributed by atoms with Crippen molar-refractivity contribution in [1.82, 2.24) is 14.9 Å². The number of likely N-dealkylation sites (N-methyl/N-ethyl adjacent to an activating group) is 1. The molecule has 3 heterocycles. The lowest BCUT2D eigenvalue weighted by atomic mass is 10.0. The van der Waals surface area contributed by atoms with Gasteiger partial charge in [-0.25, -0.2) is 4.98 Å². The maximum absolute atomic E-state index is 12.5. The number of nitrogens with zero attached hydrogens (tertiary/aromatic N) is 4. The topological polar surface area (TPSA) is 49.3 Å². The zero-order chi connectivity index (χ0) is 18.3. The number of amides is 1. The molecule has 3 aromatic rings. The number of aromatic nitrogens is 2. The number of anilines is 1. The minimum atomic E-state index is 0.0154. The zero-order valence-corrected chi connectivity index (χ0v) is 15.6. The van der Waals surface area contributed by atoms with Gasteiger partial charge in [0, 0.05) is 61.8 Å². The van der Waals surface area contributed by atoms with Crippen molar-refractivity contribution in [2.75, 3.05) is 26.0 Å². The summed E-state index contributed by atoms with van der Waals surface area (Å²) in [5.74, 6) is 0.0154. The van der Waals surface area contributed by atoms with Crippen LogP contribution in [0.5, 0.6) is 0 Å². The Morgan fingerprint density at radius 1 is 1.12 bits per heavy atom. The van der Waals surface area contributed by atoms with Gasteiger partial charge in [-0.2, -0.15) is 0 Å². The molecule has 5 nitrogen and oxygen atoms in total. The minimum absolute atomic E-state index is 0.0154. The molecule has 0 atom stereocenters. The van der Waals surface area contributed by atoms with Gasteiger partial charge in [-0.15, -0.1) is 11.3 Å². The molecule has 4 rings (SSSR count). The average Bonchev–Trinajstić information content (AvgIpc) is 3.22. The summed E-state index contributed by atoms with van der Waals surface area (Å²) in [4.78, 5) is 24.9. The van der Waals surface area contributed by atoms with Gasteiger partial charge in [0.2, 0.25) is 0 Å². The smallest absolute Gasteiger partial charge is 0.260 e. The number of hydrogen-bond acceptors (Lipinski definition) is 5. The lowest BCUT2D eigenvalue weighted by Gasteiger charge is -2.09. The lowest BCUT2D eigenvalue weighted by molar-refractivity contribution is -0.112. The largest absolute Gasteiger partial charge is 0.383 e. The van der Waals surface area contributed by atoms with E-state index in [-0.39, 0.29) is 5.91 Å². The summed E-state index contributed by atoms with van der Waals surface area (Å²) in [5.41, 5.74) is 5.56. The van der Waals surface area contributed by atoms with Crippen LogP contribution in [0.4, 0.5) is 5.69 Å². The molecule has 0 spiro atoms. The number of benzene rings is 1. The molecule has 0 saturated heterocycles. The van der Waals surface area contributed by atoms with Crippen molar-refractivity contribution in [3.05, 3.63) is 59.9 Å². The van der Waals surface area contributed by atoms with Crippen molar-refractivity contribution in [2.24, 2.45) is 0 Å². The fraction of sp³-hybridized carbons (Fsp3) is 0.150. The van der Waals surface area contributed by atoms with Crippen LogP contribution in [0.25, 0.3) is 27.4 Å². The van der Waals surface area contributed by atoms with Gasteiger partial charge in [0.05, 0.1) is 17.0 Å². The molecule has 0 aliphatic carbocycles. The number of pyridine rings is 1. The number of carbonyl (C=O) groups is 1. The summed E-state index contributed by atoms with van der Waals surface area (Å²) in [5, 5.41) is 3.01. The predicted octanol–water partition coefficient (Wildman–Crippen LogP) is 3.75. The van der Waals surface area contributed by atoms with Gasteiger partial charge in [-0.3, -0.25) is 9.78 Å². The second-order valence-electron chi connectivity index (χ2n) is 6.38. The number of hydrogen-bond donors (Lipinski definition) is 0. The van der Waals surface area contributed by atoms with Gasteiger partial charge in [0.1, 0.15) is 5.01 Å². The molecule has 26 heavy (non-hydrogen) atoms. The highest BCUT2D eigenvalue weighted by Gasteiger charge is 2.30. The molecule has 0 N–H and O–H groups in total. The highest BCUT2D eigenvalue weighted by Crippen LogP contribution is 2.39. The van der Waals surface area contributed by atoms with Crippen LogP contribution >= 0.6 is 11.3 Å². The highest BCUT2D eigenvalue weighted by molar-refractivity contribution is 7.13. The molecule has 1 aliphatic rings. The standard InChI is InChI=1S/C20H18N4OS/c1-23(2)11-16-15-10-14(4-5-18(15)24(3)20(16)25)17-12-26-19(22-17)13-6-8-21-9-7-13/h4-12H,1-3H3. The quantitative estimate of drug-likeness (QED) is 0.666. The van der Waals surface area contributed by atoms with E-state index in [1.165, 1.54) is 0 Å². The Labute approximate surface area is 156 Å². The van der Waals surface area contributed by atoms with Gasteiger partial charge in [-0.1, -0.05) is 6.07 Å². The Hall–Kier alpha value is -2.99. The van der Waals surface area contributed by atoms with Crippen LogP contribution in [0.1, 0.15) is 5.56 Å². The van der Waals surface area contributed by atoms with Gasteiger partial charge >= 0.3 is 0 Å². The zero-order valence-electron chi connectivity index (χ0n) is 14.8. The molecule has 2 aromatic heterocycles. The first-order valence-electron chi connectivity index (χ1n) is 8.21. The summed E-state index contributed by atoms with van der Waals surface area (Å²) >= 11 is 1.60. The average molecular weight is 362 g/mol.